The Kier molecular flexibility index (Phi) is 2.42. The van der Waals surface area contributed by atoms with Gasteiger partial charge in [-0.25, -0.2) is 0 Å². The van der Waals surface area contributed by atoms with E-state index in [0.717, 1.165) is 0 Å². The second-order valence-corrected chi connectivity index (χ2v) is 2.85. The fourth-order valence-electron chi connectivity index (χ4n) is 0.836. The highest BCUT2D eigenvalue weighted by molar-refractivity contribution is 5.72. The van der Waals surface area contributed by atoms with Gasteiger partial charge >= 0.3 is 0 Å². The first-order valence-electron chi connectivity index (χ1n) is 3.74. The van der Waals surface area contributed by atoms with E-state index in [1.807, 2.05) is 0 Å². The van der Waals surface area contributed by atoms with Gasteiger partial charge in [0.1, 0.15) is 5.78 Å². The highest BCUT2D eigenvalue weighted by Gasteiger charge is 2.12. The van der Waals surface area contributed by atoms with Crippen LogP contribution in [0.4, 0.5) is 0 Å². The molecule has 58 valence electrons. The van der Waals surface area contributed by atoms with E-state index < -0.39 is 0 Å². The second-order valence-electron chi connectivity index (χ2n) is 2.85. The van der Waals surface area contributed by atoms with Crippen LogP contribution in [-0.2, 0) is 11.2 Å². The summed E-state index contributed by atoms with van der Waals surface area (Å²) < 4.78 is 0. The number of hydrogen-bond donors (Lipinski definition) is 0. The van der Waals surface area contributed by atoms with Crippen molar-refractivity contribution in [1.29, 1.82) is 0 Å². The van der Waals surface area contributed by atoms with Crippen LogP contribution in [-0.4, -0.2) is 5.78 Å². The summed E-state index contributed by atoms with van der Waals surface area (Å²) >= 11 is 0. The molecule has 1 aromatic rings. The molecular weight excluding hydrogens is 136 g/mol. The summed E-state index contributed by atoms with van der Waals surface area (Å²) in [6.45, 7) is 3.06. The van der Waals surface area contributed by atoms with E-state index >= 15 is 0 Å². The van der Waals surface area contributed by atoms with Crippen molar-refractivity contribution in [3.05, 3.63) is 35.4 Å². The Morgan fingerprint density at radius 1 is 1.18 bits per heavy atom. The maximum atomic E-state index is 9.44. The van der Waals surface area contributed by atoms with Gasteiger partial charge in [0.15, 0.2) is 0 Å². The predicted molar refractivity (Wildman–Crippen MR) is 45.6 cm³/mol. The van der Waals surface area contributed by atoms with Gasteiger partial charge in [-0.1, -0.05) is 24.3 Å². The predicted octanol–water partition coefficient (Wildman–Crippen LogP) is 2.19. The molecule has 2 rings (SSSR count). The molecule has 0 heterocycles. The van der Waals surface area contributed by atoms with Gasteiger partial charge < -0.3 is 4.79 Å². The average molecular weight is 148 g/mol. The van der Waals surface area contributed by atoms with Crippen molar-refractivity contribution in [2.24, 2.45) is 0 Å². The number of fused-ring (bicyclic) bond motifs is 1. The molecule has 0 atom stereocenters. The molecule has 0 bridgehead atoms. The zero-order valence-corrected chi connectivity index (χ0v) is 6.92. The van der Waals surface area contributed by atoms with Crippen molar-refractivity contribution in [2.75, 3.05) is 0 Å². The van der Waals surface area contributed by atoms with Crippen LogP contribution in [0.3, 0.4) is 0 Å². The van der Waals surface area contributed by atoms with Crippen LogP contribution < -0.4 is 0 Å². The third-order valence-electron chi connectivity index (χ3n) is 1.37. The van der Waals surface area contributed by atoms with Crippen LogP contribution in [0.25, 0.3) is 0 Å². The summed E-state index contributed by atoms with van der Waals surface area (Å²) in [6, 6.07) is 8.53. The molecule has 0 amide bonds. The minimum absolute atomic E-state index is 0.167. The Morgan fingerprint density at radius 2 is 1.55 bits per heavy atom. The van der Waals surface area contributed by atoms with Crippen molar-refractivity contribution >= 4 is 5.78 Å². The maximum absolute atomic E-state index is 9.44. The zero-order chi connectivity index (χ0) is 8.27. The van der Waals surface area contributed by atoms with Crippen LogP contribution in [0, 0.1) is 0 Å². The van der Waals surface area contributed by atoms with Gasteiger partial charge in [-0.2, -0.15) is 0 Å². The Labute approximate surface area is 67.1 Å². The van der Waals surface area contributed by atoms with Crippen LogP contribution in [0.5, 0.6) is 0 Å². The molecule has 1 aromatic carbocycles. The molecule has 0 fully saturated rings. The van der Waals surface area contributed by atoms with Gasteiger partial charge in [0.05, 0.1) is 0 Å². The standard InChI is InChI=1S/C7H6.C3H6O/c1-2-4-7-5-6(7)3-1;1-3(2)4/h1-4H,5H2;1-2H3. The van der Waals surface area contributed by atoms with Gasteiger partial charge in [-0.3, -0.25) is 0 Å². The average Bonchev–Trinajstić information content (AvgIpc) is 2.62. The summed E-state index contributed by atoms with van der Waals surface area (Å²) in [4.78, 5) is 9.44. The molecule has 0 radical (unpaired) electrons. The molecule has 0 spiro atoms. The fraction of sp³-hybridized carbons (Fsp3) is 0.300. The summed E-state index contributed by atoms with van der Waals surface area (Å²) in [6.07, 6.45) is 1.24. The fourth-order valence-corrected chi connectivity index (χ4v) is 0.836. The van der Waals surface area contributed by atoms with E-state index in [1.54, 1.807) is 0 Å². The first-order chi connectivity index (χ1) is 5.20. The number of benzene rings is 1. The lowest BCUT2D eigenvalue weighted by atomic mass is 10.4. The Balaban J connectivity index is 0.000000134. The molecule has 0 saturated carbocycles. The smallest absolute Gasteiger partial charge is 0.126 e. The van der Waals surface area contributed by atoms with Gasteiger partial charge in [-0.15, -0.1) is 0 Å². The number of Topliss-reactive ketones (excluding diaryl/α,β-unsaturated/α-hetero) is 1. The number of rotatable bonds is 0. The lowest BCUT2D eigenvalue weighted by Gasteiger charge is -1.69. The summed E-state index contributed by atoms with van der Waals surface area (Å²) in [7, 11) is 0. The van der Waals surface area contributed by atoms with E-state index in [4.69, 9.17) is 0 Å². The Bertz CT molecular complexity index is 238. The van der Waals surface area contributed by atoms with Crippen LogP contribution in [0.1, 0.15) is 25.0 Å². The van der Waals surface area contributed by atoms with E-state index in [2.05, 4.69) is 24.3 Å². The molecule has 1 heteroatoms. The van der Waals surface area contributed by atoms with Crippen LogP contribution in [0.15, 0.2) is 24.3 Å². The third-order valence-corrected chi connectivity index (χ3v) is 1.37. The molecule has 0 saturated heterocycles. The first kappa shape index (κ1) is 7.99. The van der Waals surface area contributed by atoms with E-state index in [9.17, 15) is 4.79 Å². The molecule has 1 nitrogen and oxygen atoms in total. The Hall–Kier alpha value is -1.11. The molecule has 0 aromatic heterocycles. The van der Waals surface area contributed by atoms with E-state index in [0.29, 0.717) is 0 Å². The molecule has 11 heavy (non-hydrogen) atoms. The maximum Gasteiger partial charge on any atom is 0.126 e. The monoisotopic (exact) mass is 148 g/mol. The summed E-state index contributed by atoms with van der Waals surface area (Å²) in [5, 5.41) is 0. The topological polar surface area (TPSA) is 17.1 Å². The molecule has 0 aliphatic heterocycles. The van der Waals surface area contributed by atoms with Gasteiger partial charge in [0, 0.05) is 0 Å². The number of ketones is 1. The molecule has 0 unspecified atom stereocenters. The minimum atomic E-state index is 0.167. The van der Waals surface area contributed by atoms with Crippen LogP contribution >= 0.6 is 0 Å². The van der Waals surface area contributed by atoms with E-state index in [-0.39, 0.29) is 5.78 Å². The number of carbonyl (C=O) groups is 1. The van der Waals surface area contributed by atoms with Gasteiger partial charge in [-0.05, 0) is 31.4 Å². The van der Waals surface area contributed by atoms with Gasteiger partial charge in [0.2, 0.25) is 0 Å². The molecule has 0 N–H and O–H groups in total. The number of hydrogen-bond acceptors (Lipinski definition) is 1. The molecule has 1 aliphatic carbocycles. The van der Waals surface area contributed by atoms with Gasteiger partial charge in [0.25, 0.3) is 0 Å². The number of carbonyl (C=O) groups excluding carboxylic acids is 1. The largest absolute Gasteiger partial charge is 0.300 e. The highest BCUT2D eigenvalue weighted by atomic mass is 16.1. The van der Waals surface area contributed by atoms with Crippen molar-refractivity contribution in [1.82, 2.24) is 0 Å². The van der Waals surface area contributed by atoms with Crippen molar-refractivity contribution in [3.8, 4) is 0 Å². The molecular formula is C10H12O. The lowest BCUT2D eigenvalue weighted by molar-refractivity contribution is -0.114. The second kappa shape index (κ2) is 3.33. The quantitative estimate of drug-likeness (QED) is 0.559. The van der Waals surface area contributed by atoms with Crippen molar-refractivity contribution in [2.45, 2.75) is 20.3 Å². The zero-order valence-electron chi connectivity index (χ0n) is 6.92. The Morgan fingerprint density at radius 3 is 1.82 bits per heavy atom. The normalized spacial score (nSPS) is 10.7. The van der Waals surface area contributed by atoms with E-state index in [1.165, 1.54) is 31.4 Å². The first-order valence-corrected chi connectivity index (χ1v) is 3.74. The van der Waals surface area contributed by atoms with Crippen molar-refractivity contribution < 1.29 is 4.79 Å². The van der Waals surface area contributed by atoms with Crippen LogP contribution in [0.2, 0.25) is 0 Å². The molecule has 1 aliphatic rings. The summed E-state index contributed by atoms with van der Waals surface area (Å²) in [5.74, 6) is 0.167. The lowest BCUT2D eigenvalue weighted by Crippen LogP contribution is -1.69. The SMILES string of the molecule is CC(C)=O.c1ccc2c(c1)C2. The summed E-state index contributed by atoms with van der Waals surface area (Å²) in [5.41, 5.74) is 3.06. The minimum Gasteiger partial charge on any atom is -0.300 e. The van der Waals surface area contributed by atoms with Crippen molar-refractivity contribution in [3.63, 3.8) is 0 Å². The highest BCUT2D eigenvalue weighted by Crippen LogP contribution is 2.25. The third kappa shape index (κ3) is 2.99.